The van der Waals surface area contributed by atoms with Gasteiger partial charge in [0.05, 0.1) is 4.83 Å². The van der Waals surface area contributed by atoms with E-state index < -0.39 is 0 Å². The Morgan fingerprint density at radius 1 is 1.46 bits per heavy atom. The number of carbonyl (C=O) groups excluding carboxylic acids is 1. The van der Waals surface area contributed by atoms with Gasteiger partial charge in [0.1, 0.15) is 0 Å². The summed E-state index contributed by atoms with van der Waals surface area (Å²) in [7, 11) is 0. The maximum Gasteiger partial charge on any atom is 0.234 e. The Kier molecular flexibility index (Phi) is 3.38. The molecule has 2 nitrogen and oxygen atoms in total. The van der Waals surface area contributed by atoms with Gasteiger partial charge in [0.25, 0.3) is 0 Å². The molecule has 1 aliphatic carbocycles. The molecule has 0 aromatic heterocycles. The van der Waals surface area contributed by atoms with Gasteiger partial charge in [-0.15, -0.1) is 0 Å². The first kappa shape index (κ1) is 11.0. The highest BCUT2D eigenvalue weighted by atomic mass is 79.9. The Hall–Kier alpha value is -0.0500. The molecule has 1 saturated carbocycles. The third-order valence-corrected chi connectivity index (χ3v) is 4.19. The lowest BCUT2D eigenvalue weighted by Gasteiger charge is -2.40. The largest absolute Gasteiger partial charge is 0.350 e. The monoisotopic (exact) mass is 247 g/mol. The number of alkyl halides is 1. The maximum atomic E-state index is 11.6. The lowest BCUT2D eigenvalue weighted by molar-refractivity contribution is -0.123. The summed E-state index contributed by atoms with van der Waals surface area (Å²) in [6, 6.07) is 0. The molecule has 0 spiro atoms. The molecule has 0 aromatic carbocycles. The maximum absolute atomic E-state index is 11.6. The molecule has 1 rings (SSSR count). The molecule has 0 aliphatic heterocycles. The van der Waals surface area contributed by atoms with Crippen LogP contribution < -0.4 is 5.32 Å². The van der Waals surface area contributed by atoms with Crippen molar-refractivity contribution in [2.24, 2.45) is 5.92 Å². The molecule has 1 amide bonds. The summed E-state index contributed by atoms with van der Waals surface area (Å²) in [5.41, 5.74) is 0.0813. The Labute approximate surface area is 88.6 Å². The van der Waals surface area contributed by atoms with Crippen molar-refractivity contribution < 1.29 is 4.79 Å². The van der Waals surface area contributed by atoms with E-state index in [1.807, 2.05) is 13.8 Å². The van der Waals surface area contributed by atoms with Crippen LogP contribution in [0.4, 0.5) is 0 Å². The van der Waals surface area contributed by atoms with E-state index in [1.165, 1.54) is 6.42 Å². The molecule has 1 unspecified atom stereocenters. The first-order valence-corrected chi connectivity index (χ1v) is 5.82. The highest BCUT2D eigenvalue weighted by Gasteiger charge is 2.34. The molecule has 1 atom stereocenters. The second-order valence-electron chi connectivity index (χ2n) is 4.55. The van der Waals surface area contributed by atoms with Crippen molar-refractivity contribution in [2.75, 3.05) is 0 Å². The Morgan fingerprint density at radius 3 is 2.31 bits per heavy atom. The molecule has 76 valence electrons. The van der Waals surface area contributed by atoms with Crippen LogP contribution in [-0.4, -0.2) is 16.3 Å². The zero-order chi connectivity index (χ0) is 10.1. The molecule has 0 saturated heterocycles. The van der Waals surface area contributed by atoms with Gasteiger partial charge in [-0.25, -0.2) is 0 Å². The van der Waals surface area contributed by atoms with Crippen molar-refractivity contribution in [3.05, 3.63) is 0 Å². The van der Waals surface area contributed by atoms with Crippen LogP contribution >= 0.6 is 15.9 Å². The molecule has 3 heteroatoms. The summed E-state index contributed by atoms with van der Waals surface area (Å²) in [4.78, 5) is 11.6. The van der Waals surface area contributed by atoms with E-state index >= 15 is 0 Å². The molecule has 0 radical (unpaired) electrons. The minimum atomic E-state index is -0.0510. The molecule has 1 fully saturated rings. The van der Waals surface area contributed by atoms with Crippen LogP contribution in [0.25, 0.3) is 0 Å². The van der Waals surface area contributed by atoms with Gasteiger partial charge >= 0.3 is 0 Å². The predicted octanol–water partition coefficient (Wildman–Crippen LogP) is 2.46. The Balaban J connectivity index is 2.40. The van der Waals surface area contributed by atoms with E-state index in [1.54, 1.807) is 0 Å². The van der Waals surface area contributed by atoms with Gasteiger partial charge in [-0.05, 0) is 32.1 Å². The van der Waals surface area contributed by atoms with Crippen LogP contribution in [0.5, 0.6) is 0 Å². The Bertz CT molecular complexity index is 199. The molecule has 0 aromatic rings. The van der Waals surface area contributed by atoms with Gasteiger partial charge in [-0.1, -0.05) is 29.8 Å². The van der Waals surface area contributed by atoms with Gasteiger partial charge in [0, 0.05) is 5.54 Å². The van der Waals surface area contributed by atoms with Gasteiger partial charge in [0.15, 0.2) is 0 Å². The second-order valence-corrected chi connectivity index (χ2v) is 5.54. The van der Waals surface area contributed by atoms with Crippen LogP contribution in [0.1, 0.15) is 40.0 Å². The fourth-order valence-corrected chi connectivity index (χ4v) is 1.62. The second kappa shape index (κ2) is 3.99. The Morgan fingerprint density at radius 2 is 2.00 bits per heavy atom. The number of hydrogen-bond donors (Lipinski definition) is 1. The summed E-state index contributed by atoms with van der Waals surface area (Å²) in [6.45, 7) is 6.21. The van der Waals surface area contributed by atoms with E-state index in [4.69, 9.17) is 0 Å². The van der Waals surface area contributed by atoms with Gasteiger partial charge in [-0.2, -0.15) is 0 Å². The van der Waals surface area contributed by atoms with Crippen molar-refractivity contribution in [1.82, 2.24) is 5.32 Å². The minimum absolute atomic E-state index is 0.0510. The van der Waals surface area contributed by atoms with Gasteiger partial charge < -0.3 is 5.32 Å². The molecule has 13 heavy (non-hydrogen) atoms. The van der Waals surface area contributed by atoms with Crippen molar-refractivity contribution in [3.63, 3.8) is 0 Å². The van der Waals surface area contributed by atoms with Crippen LogP contribution in [-0.2, 0) is 4.79 Å². The summed E-state index contributed by atoms with van der Waals surface area (Å²) >= 11 is 3.40. The van der Waals surface area contributed by atoms with E-state index in [0.717, 1.165) is 12.8 Å². The average Bonchev–Trinajstić information content (AvgIpc) is 1.99. The normalized spacial score (nSPS) is 22.2. The molecule has 1 N–H and O–H groups in total. The summed E-state index contributed by atoms with van der Waals surface area (Å²) in [5, 5.41) is 3.09. The van der Waals surface area contributed by atoms with Crippen molar-refractivity contribution in [1.29, 1.82) is 0 Å². The summed E-state index contributed by atoms with van der Waals surface area (Å²) < 4.78 is 0. The van der Waals surface area contributed by atoms with Crippen LogP contribution in [0.2, 0.25) is 0 Å². The predicted molar refractivity (Wildman–Crippen MR) is 58.0 cm³/mol. The van der Waals surface area contributed by atoms with E-state index in [2.05, 4.69) is 28.2 Å². The quantitative estimate of drug-likeness (QED) is 0.764. The minimum Gasteiger partial charge on any atom is -0.350 e. The zero-order valence-electron chi connectivity index (χ0n) is 8.56. The van der Waals surface area contributed by atoms with Crippen LogP contribution in [0, 0.1) is 5.92 Å². The summed E-state index contributed by atoms with van der Waals surface area (Å²) in [5.74, 6) is 0.487. The van der Waals surface area contributed by atoms with Gasteiger partial charge in [-0.3, -0.25) is 4.79 Å². The van der Waals surface area contributed by atoms with E-state index in [-0.39, 0.29) is 16.3 Å². The van der Waals surface area contributed by atoms with Crippen LogP contribution in [0.3, 0.4) is 0 Å². The van der Waals surface area contributed by atoms with Crippen LogP contribution in [0.15, 0.2) is 0 Å². The zero-order valence-corrected chi connectivity index (χ0v) is 10.1. The number of amides is 1. The van der Waals surface area contributed by atoms with Crippen molar-refractivity contribution >= 4 is 21.8 Å². The standard InChI is InChI=1S/C10H18BrNO/c1-7(2)8(11)9(13)12-10(3)5-4-6-10/h7-8H,4-6H2,1-3H3,(H,12,13). The lowest BCUT2D eigenvalue weighted by Crippen LogP contribution is -2.53. The fourth-order valence-electron chi connectivity index (χ4n) is 1.50. The lowest BCUT2D eigenvalue weighted by atomic mass is 9.78. The first-order chi connectivity index (χ1) is 5.94. The molecule has 0 bridgehead atoms. The number of halogens is 1. The SMILES string of the molecule is CC(C)C(Br)C(=O)NC1(C)CCC1. The molecule has 1 aliphatic rings. The molecule has 0 heterocycles. The number of hydrogen-bond acceptors (Lipinski definition) is 1. The van der Waals surface area contributed by atoms with Crippen molar-refractivity contribution in [2.45, 2.75) is 50.4 Å². The number of nitrogens with one attached hydrogen (secondary N) is 1. The van der Waals surface area contributed by atoms with Gasteiger partial charge in [0.2, 0.25) is 5.91 Å². The topological polar surface area (TPSA) is 29.1 Å². The third-order valence-electron chi connectivity index (χ3n) is 2.72. The van der Waals surface area contributed by atoms with E-state index in [0.29, 0.717) is 5.92 Å². The first-order valence-electron chi connectivity index (χ1n) is 4.91. The summed E-state index contributed by atoms with van der Waals surface area (Å²) in [6.07, 6.45) is 3.48. The molecular formula is C10H18BrNO. The number of rotatable bonds is 3. The highest BCUT2D eigenvalue weighted by molar-refractivity contribution is 9.10. The average molecular weight is 248 g/mol. The smallest absolute Gasteiger partial charge is 0.234 e. The highest BCUT2D eigenvalue weighted by Crippen LogP contribution is 2.31. The van der Waals surface area contributed by atoms with Crippen molar-refractivity contribution in [3.8, 4) is 0 Å². The number of carbonyl (C=O) groups is 1. The fraction of sp³-hybridized carbons (Fsp3) is 0.900. The third kappa shape index (κ3) is 2.70. The van der Waals surface area contributed by atoms with E-state index in [9.17, 15) is 4.79 Å². The molecular weight excluding hydrogens is 230 g/mol.